The Balaban J connectivity index is 0.000000605. The molecule has 0 saturated heterocycles. The van der Waals surface area contributed by atoms with E-state index in [1.54, 1.807) is 0 Å². The van der Waals surface area contributed by atoms with E-state index in [0.717, 1.165) is 0 Å². The number of fused-ring (bicyclic) bond motifs is 1. The quantitative estimate of drug-likeness (QED) is 0.655. The first kappa shape index (κ1) is 8.27. The second-order valence-electron chi connectivity index (χ2n) is 2.33. The summed E-state index contributed by atoms with van der Waals surface area (Å²) in [6.07, 6.45) is 1.87. The highest BCUT2D eigenvalue weighted by atomic mass is 79.9. The second-order valence-corrected chi connectivity index (χ2v) is 2.33. The van der Waals surface area contributed by atoms with E-state index in [9.17, 15) is 0 Å². The van der Waals surface area contributed by atoms with Crippen molar-refractivity contribution in [3.05, 3.63) is 30.5 Å². The summed E-state index contributed by atoms with van der Waals surface area (Å²) in [5.41, 5.74) is 1.18. The van der Waals surface area contributed by atoms with E-state index in [0.29, 0.717) is 0 Å². The largest absolute Gasteiger partial charge is 0.268 e. The van der Waals surface area contributed by atoms with Gasteiger partial charge in [0.05, 0.1) is 11.7 Å². The minimum Gasteiger partial charge on any atom is -0.268 e. The van der Waals surface area contributed by atoms with Gasteiger partial charge in [0, 0.05) is 12.4 Å². The molecule has 0 saturated carbocycles. The van der Waals surface area contributed by atoms with Crippen LogP contribution in [-0.4, -0.2) is 9.78 Å². The van der Waals surface area contributed by atoms with Crippen LogP contribution in [0.4, 0.5) is 0 Å². The molecule has 0 aliphatic heterocycles. The molecule has 0 amide bonds. The lowest BCUT2D eigenvalue weighted by molar-refractivity contribution is 0.797. The topological polar surface area (TPSA) is 17.8 Å². The van der Waals surface area contributed by atoms with Gasteiger partial charge in [-0.1, -0.05) is 18.2 Å². The van der Waals surface area contributed by atoms with Crippen LogP contribution in [0.15, 0.2) is 30.5 Å². The lowest BCUT2D eigenvalue weighted by Crippen LogP contribution is -1.87. The predicted octanol–water partition coefficient (Wildman–Crippen LogP) is 2.15. The van der Waals surface area contributed by atoms with E-state index in [2.05, 4.69) is 17.2 Å². The normalized spacial score (nSPS) is 9.55. The van der Waals surface area contributed by atoms with Crippen LogP contribution in [0, 0.1) is 0 Å². The van der Waals surface area contributed by atoms with Gasteiger partial charge in [0.2, 0.25) is 0 Å². The van der Waals surface area contributed by atoms with Gasteiger partial charge in [-0.15, -0.1) is 17.0 Å². The van der Waals surface area contributed by atoms with Crippen LogP contribution in [0.3, 0.4) is 0 Å². The van der Waals surface area contributed by atoms with Crippen molar-refractivity contribution in [1.82, 2.24) is 9.78 Å². The Bertz CT molecular complexity index is 354. The zero-order valence-electron chi connectivity index (χ0n) is 6.19. The number of hydrogen-bond donors (Lipinski definition) is 0. The summed E-state index contributed by atoms with van der Waals surface area (Å²) < 4.78 is 1.87. The first-order chi connectivity index (χ1) is 4.88. The molecule has 0 aliphatic rings. The van der Waals surface area contributed by atoms with Crippen molar-refractivity contribution < 1.29 is 0 Å². The maximum absolute atomic E-state index is 4.11. The third kappa shape index (κ3) is 1.28. The number of nitrogens with zero attached hydrogens (tertiary/aromatic N) is 2. The van der Waals surface area contributed by atoms with Crippen LogP contribution in [0.1, 0.15) is 0 Å². The van der Waals surface area contributed by atoms with Gasteiger partial charge >= 0.3 is 0 Å². The van der Waals surface area contributed by atoms with Gasteiger partial charge in [-0.2, -0.15) is 5.10 Å². The summed E-state index contributed by atoms with van der Waals surface area (Å²) in [7, 11) is 1.95. The van der Waals surface area contributed by atoms with E-state index in [1.807, 2.05) is 30.1 Å². The third-order valence-corrected chi connectivity index (χ3v) is 1.66. The smallest absolute Gasteiger partial charge is 0.0679 e. The average molecular weight is 213 g/mol. The van der Waals surface area contributed by atoms with E-state index in [4.69, 9.17) is 0 Å². The lowest BCUT2D eigenvalue weighted by atomic mass is 10.3. The fraction of sp³-hybridized carbons (Fsp3) is 0.125. The van der Waals surface area contributed by atoms with Crippen molar-refractivity contribution in [3.63, 3.8) is 0 Å². The standard InChI is InChI=1S/C8H8N2.BrH/c1-10-8-5-3-2-4-7(8)6-9-10;/h2-6H,1H3;1H. The Morgan fingerprint density at radius 1 is 1.27 bits per heavy atom. The van der Waals surface area contributed by atoms with Gasteiger partial charge in [0.1, 0.15) is 0 Å². The number of para-hydroxylation sites is 1. The number of benzene rings is 1. The van der Waals surface area contributed by atoms with Crippen LogP contribution >= 0.6 is 17.0 Å². The van der Waals surface area contributed by atoms with Crippen LogP contribution in [0.25, 0.3) is 10.9 Å². The Morgan fingerprint density at radius 3 is 2.73 bits per heavy atom. The highest BCUT2D eigenvalue weighted by Crippen LogP contribution is 2.09. The van der Waals surface area contributed by atoms with Crippen LogP contribution in [0.2, 0.25) is 0 Å². The summed E-state index contributed by atoms with van der Waals surface area (Å²) in [5.74, 6) is 0. The highest BCUT2D eigenvalue weighted by molar-refractivity contribution is 8.93. The first-order valence-electron chi connectivity index (χ1n) is 3.25. The SMILES string of the molecule is Br.Cn1ncc2ccccc21. The summed E-state index contributed by atoms with van der Waals surface area (Å²) in [4.78, 5) is 0. The Kier molecular flexibility index (Phi) is 2.29. The zero-order chi connectivity index (χ0) is 6.97. The molecule has 0 N–H and O–H groups in total. The molecule has 11 heavy (non-hydrogen) atoms. The summed E-state index contributed by atoms with van der Waals surface area (Å²) in [5, 5.41) is 5.31. The highest BCUT2D eigenvalue weighted by Gasteiger charge is 1.93. The summed E-state index contributed by atoms with van der Waals surface area (Å²) in [6, 6.07) is 8.15. The molecule has 0 radical (unpaired) electrons. The fourth-order valence-electron chi connectivity index (χ4n) is 1.10. The van der Waals surface area contributed by atoms with Crippen molar-refractivity contribution in [3.8, 4) is 0 Å². The molecule has 3 heteroatoms. The minimum absolute atomic E-state index is 0. The molecule has 1 aromatic carbocycles. The maximum Gasteiger partial charge on any atom is 0.0679 e. The van der Waals surface area contributed by atoms with E-state index in [1.165, 1.54) is 10.9 Å². The van der Waals surface area contributed by atoms with Crippen molar-refractivity contribution >= 4 is 27.9 Å². The zero-order valence-corrected chi connectivity index (χ0v) is 7.90. The molecule has 1 aromatic heterocycles. The van der Waals surface area contributed by atoms with Gasteiger partial charge < -0.3 is 0 Å². The molecule has 0 aliphatic carbocycles. The second kappa shape index (κ2) is 3.05. The van der Waals surface area contributed by atoms with Gasteiger partial charge in [-0.05, 0) is 6.07 Å². The average Bonchev–Trinajstić information content (AvgIpc) is 2.34. The Morgan fingerprint density at radius 2 is 2.00 bits per heavy atom. The number of hydrogen-bond acceptors (Lipinski definition) is 1. The monoisotopic (exact) mass is 212 g/mol. The van der Waals surface area contributed by atoms with Crippen LogP contribution < -0.4 is 0 Å². The van der Waals surface area contributed by atoms with E-state index < -0.39 is 0 Å². The lowest BCUT2D eigenvalue weighted by Gasteiger charge is -1.90. The third-order valence-electron chi connectivity index (χ3n) is 1.66. The minimum atomic E-state index is 0. The van der Waals surface area contributed by atoms with E-state index >= 15 is 0 Å². The summed E-state index contributed by atoms with van der Waals surface area (Å²) in [6.45, 7) is 0. The molecule has 0 spiro atoms. The molecule has 58 valence electrons. The number of halogens is 1. The fourth-order valence-corrected chi connectivity index (χ4v) is 1.10. The summed E-state index contributed by atoms with van der Waals surface area (Å²) >= 11 is 0. The van der Waals surface area contributed by atoms with Gasteiger partial charge in [-0.3, -0.25) is 4.68 Å². The van der Waals surface area contributed by atoms with Crippen molar-refractivity contribution in [2.45, 2.75) is 0 Å². The molecule has 0 unspecified atom stereocenters. The molecular weight excluding hydrogens is 204 g/mol. The number of aromatic nitrogens is 2. The van der Waals surface area contributed by atoms with Crippen LogP contribution in [0.5, 0.6) is 0 Å². The Labute approximate surface area is 75.6 Å². The van der Waals surface area contributed by atoms with Crippen LogP contribution in [-0.2, 0) is 7.05 Å². The molecule has 2 nitrogen and oxygen atoms in total. The Hall–Kier alpha value is -0.830. The molecule has 2 rings (SSSR count). The molecule has 0 fully saturated rings. The number of rotatable bonds is 0. The number of aryl methyl sites for hydroxylation is 1. The van der Waals surface area contributed by atoms with Crippen molar-refractivity contribution in [1.29, 1.82) is 0 Å². The van der Waals surface area contributed by atoms with Gasteiger partial charge in [0.25, 0.3) is 0 Å². The van der Waals surface area contributed by atoms with Crippen molar-refractivity contribution in [2.24, 2.45) is 7.05 Å². The molecular formula is C8H9BrN2. The van der Waals surface area contributed by atoms with E-state index in [-0.39, 0.29) is 17.0 Å². The van der Waals surface area contributed by atoms with Crippen molar-refractivity contribution in [2.75, 3.05) is 0 Å². The van der Waals surface area contributed by atoms with Gasteiger partial charge in [-0.25, -0.2) is 0 Å². The molecule has 0 bridgehead atoms. The molecule has 1 heterocycles. The predicted molar refractivity (Wildman–Crippen MR) is 51.0 cm³/mol. The molecule has 2 aromatic rings. The molecule has 0 atom stereocenters. The first-order valence-corrected chi connectivity index (χ1v) is 3.25. The maximum atomic E-state index is 4.11. The van der Waals surface area contributed by atoms with Gasteiger partial charge in [0.15, 0.2) is 0 Å².